The maximum absolute atomic E-state index is 10.8. The lowest BCUT2D eigenvalue weighted by atomic mass is 10.0. The van der Waals surface area contributed by atoms with Crippen molar-refractivity contribution in [2.45, 2.75) is 6.10 Å². The molecule has 1 atom stereocenters. The Morgan fingerprint density at radius 2 is 2.06 bits per heavy atom. The highest BCUT2D eigenvalue weighted by molar-refractivity contribution is 5.91. The van der Waals surface area contributed by atoms with E-state index in [1.807, 2.05) is 0 Å². The maximum atomic E-state index is 10.8. The van der Waals surface area contributed by atoms with Crippen LogP contribution in [0.2, 0.25) is 0 Å². The molecule has 0 spiro atoms. The van der Waals surface area contributed by atoms with Crippen molar-refractivity contribution >= 4 is 5.97 Å². The Balaban J connectivity index is 3.05. The van der Waals surface area contributed by atoms with E-state index >= 15 is 0 Å². The minimum Gasteiger partial charge on any atom is -0.507 e. The lowest BCUT2D eigenvalue weighted by Crippen LogP contribution is -2.20. The summed E-state index contributed by atoms with van der Waals surface area (Å²) in [6.07, 6.45) is -0.908. The van der Waals surface area contributed by atoms with Gasteiger partial charge in [0.2, 0.25) is 0 Å². The van der Waals surface area contributed by atoms with E-state index in [1.165, 1.54) is 18.2 Å². The van der Waals surface area contributed by atoms with Gasteiger partial charge in [0.1, 0.15) is 11.3 Å². The minimum absolute atomic E-state index is 0.199. The zero-order valence-corrected chi connectivity index (χ0v) is 9.21. The first-order valence-corrected chi connectivity index (χ1v) is 4.81. The molecule has 0 fully saturated rings. The Kier molecular flexibility index (Phi) is 3.87. The van der Waals surface area contributed by atoms with Crippen LogP contribution in [0, 0.1) is 0 Å². The summed E-state index contributed by atoms with van der Waals surface area (Å²) < 4.78 is 0. The maximum Gasteiger partial charge on any atom is 0.339 e. The lowest BCUT2D eigenvalue weighted by Gasteiger charge is -2.17. The smallest absolute Gasteiger partial charge is 0.339 e. The molecule has 5 nitrogen and oxygen atoms in total. The molecule has 0 aromatic heterocycles. The molecule has 0 radical (unpaired) electrons. The highest BCUT2D eigenvalue weighted by atomic mass is 16.4. The summed E-state index contributed by atoms with van der Waals surface area (Å²) >= 11 is 0. The highest BCUT2D eigenvalue weighted by Crippen LogP contribution is 2.28. The van der Waals surface area contributed by atoms with Gasteiger partial charge in [-0.15, -0.1) is 0 Å². The van der Waals surface area contributed by atoms with Crippen molar-refractivity contribution in [2.24, 2.45) is 0 Å². The van der Waals surface area contributed by atoms with E-state index in [1.54, 1.807) is 19.0 Å². The SMILES string of the molecule is CN(C)CC(O)c1cccc(C(=O)O)c1O. The molecule has 1 aromatic carbocycles. The number of phenols is 1. The molecule has 3 N–H and O–H groups in total. The van der Waals surface area contributed by atoms with Gasteiger partial charge in [-0.25, -0.2) is 4.79 Å². The van der Waals surface area contributed by atoms with Crippen molar-refractivity contribution < 1.29 is 20.1 Å². The lowest BCUT2D eigenvalue weighted by molar-refractivity contribution is 0.0692. The Morgan fingerprint density at radius 3 is 2.56 bits per heavy atom. The summed E-state index contributed by atoms with van der Waals surface area (Å²) in [5.41, 5.74) is 0.0314. The van der Waals surface area contributed by atoms with Gasteiger partial charge in [-0.05, 0) is 20.2 Å². The molecule has 0 bridgehead atoms. The van der Waals surface area contributed by atoms with E-state index in [9.17, 15) is 15.0 Å². The number of benzene rings is 1. The molecular weight excluding hydrogens is 210 g/mol. The zero-order valence-electron chi connectivity index (χ0n) is 9.21. The topological polar surface area (TPSA) is 81.0 Å². The van der Waals surface area contributed by atoms with E-state index in [-0.39, 0.29) is 16.9 Å². The molecule has 5 heteroatoms. The van der Waals surface area contributed by atoms with Crippen LogP contribution in [0.1, 0.15) is 22.0 Å². The number of aromatic carboxylic acids is 1. The summed E-state index contributed by atoms with van der Waals surface area (Å²) in [6.45, 7) is 0.316. The van der Waals surface area contributed by atoms with Gasteiger partial charge in [0.25, 0.3) is 0 Å². The third kappa shape index (κ3) is 2.71. The number of hydrogen-bond acceptors (Lipinski definition) is 4. The Labute approximate surface area is 93.6 Å². The molecular formula is C11H15NO4. The summed E-state index contributed by atoms with van der Waals surface area (Å²) in [5.74, 6) is -1.58. The number of aliphatic hydroxyl groups is 1. The van der Waals surface area contributed by atoms with Crippen molar-refractivity contribution in [1.29, 1.82) is 0 Å². The molecule has 1 aromatic rings. The number of nitrogens with zero attached hydrogens (tertiary/aromatic N) is 1. The van der Waals surface area contributed by atoms with Gasteiger partial charge in [0.15, 0.2) is 0 Å². The van der Waals surface area contributed by atoms with E-state index in [0.717, 1.165) is 0 Å². The minimum atomic E-state index is -1.21. The first-order valence-electron chi connectivity index (χ1n) is 4.81. The number of likely N-dealkylation sites (N-methyl/N-ethyl adjacent to an activating group) is 1. The monoisotopic (exact) mass is 225 g/mol. The van der Waals surface area contributed by atoms with Gasteiger partial charge in [-0.2, -0.15) is 0 Å². The van der Waals surface area contributed by atoms with Gasteiger partial charge in [0.05, 0.1) is 6.10 Å². The third-order valence-electron chi connectivity index (χ3n) is 2.19. The van der Waals surface area contributed by atoms with Crippen molar-refractivity contribution in [3.63, 3.8) is 0 Å². The second-order valence-electron chi connectivity index (χ2n) is 3.83. The molecule has 0 aliphatic rings. The van der Waals surface area contributed by atoms with Gasteiger partial charge in [-0.3, -0.25) is 0 Å². The van der Waals surface area contributed by atoms with Gasteiger partial charge >= 0.3 is 5.97 Å². The largest absolute Gasteiger partial charge is 0.507 e. The average Bonchev–Trinajstić information content (AvgIpc) is 2.16. The predicted molar refractivity (Wildman–Crippen MR) is 58.6 cm³/mol. The van der Waals surface area contributed by atoms with Crippen LogP contribution in [0.25, 0.3) is 0 Å². The molecule has 1 rings (SSSR count). The number of carboxylic acids is 1. The van der Waals surface area contributed by atoms with Crippen LogP contribution >= 0.6 is 0 Å². The number of aromatic hydroxyl groups is 1. The number of carboxylic acid groups (broad SMARTS) is 1. The quantitative estimate of drug-likeness (QED) is 0.702. The van der Waals surface area contributed by atoms with Crippen LogP contribution in [-0.4, -0.2) is 46.8 Å². The summed E-state index contributed by atoms with van der Waals surface area (Å²) in [7, 11) is 3.56. The fraction of sp³-hybridized carbons (Fsp3) is 0.364. The summed E-state index contributed by atoms with van der Waals surface area (Å²) in [6, 6.07) is 4.30. The Bertz CT molecular complexity index is 390. The van der Waals surface area contributed by atoms with Crippen molar-refractivity contribution in [3.8, 4) is 5.75 Å². The number of carbonyl (C=O) groups is 1. The fourth-order valence-electron chi connectivity index (χ4n) is 1.45. The third-order valence-corrected chi connectivity index (χ3v) is 2.19. The van der Waals surface area contributed by atoms with E-state index < -0.39 is 12.1 Å². The van der Waals surface area contributed by atoms with Crippen LogP contribution in [0.3, 0.4) is 0 Å². The number of rotatable bonds is 4. The van der Waals surface area contributed by atoms with Crippen LogP contribution in [0.15, 0.2) is 18.2 Å². The van der Waals surface area contributed by atoms with Gasteiger partial charge in [-0.1, -0.05) is 12.1 Å². The molecule has 0 aliphatic carbocycles. The Hall–Kier alpha value is -1.59. The molecule has 88 valence electrons. The second kappa shape index (κ2) is 4.96. The first-order chi connectivity index (χ1) is 7.43. The second-order valence-corrected chi connectivity index (χ2v) is 3.83. The van der Waals surface area contributed by atoms with Crippen LogP contribution < -0.4 is 0 Å². The highest BCUT2D eigenvalue weighted by Gasteiger charge is 2.18. The molecule has 1 unspecified atom stereocenters. The molecule has 0 heterocycles. The van der Waals surface area contributed by atoms with Crippen LogP contribution in [0.4, 0.5) is 0 Å². The normalized spacial score (nSPS) is 12.8. The van der Waals surface area contributed by atoms with Crippen molar-refractivity contribution in [3.05, 3.63) is 29.3 Å². The number of hydrogen-bond donors (Lipinski definition) is 3. The molecule has 0 saturated carbocycles. The molecule has 0 aliphatic heterocycles. The Morgan fingerprint density at radius 1 is 1.44 bits per heavy atom. The van der Waals surface area contributed by atoms with E-state index in [0.29, 0.717) is 6.54 Å². The van der Waals surface area contributed by atoms with Crippen LogP contribution in [0.5, 0.6) is 5.75 Å². The molecule has 0 saturated heterocycles. The fourth-order valence-corrected chi connectivity index (χ4v) is 1.45. The number of aliphatic hydroxyl groups excluding tert-OH is 1. The standard InChI is InChI=1S/C11H15NO4/c1-12(2)6-9(13)7-4-3-5-8(10(7)14)11(15)16/h3-5,9,13-14H,6H2,1-2H3,(H,15,16). The zero-order chi connectivity index (χ0) is 12.3. The summed E-state index contributed by atoms with van der Waals surface area (Å²) in [4.78, 5) is 12.5. The molecule has 0 amide bonds. The van der Waals surface area contributed by atoms with E-state index in [4.69, 9.17) is 5.11 Å². The predicted octanol–water partition coefficient (Wildman–Crippen LogP) is 0.685. The average molecular weight is 225 g/mol. The van der Waals surface area contributed by atoms with E-state index in [2.05, 4.69) is 0 Å². The van der Waals surface area contributed by atoms with Gasteiger partial charge in [0, 0.05) is 12.1 Å². The first kappa shape index (κ1) is 12.5. The van der Waals surface area contributed by atoms with Crippen molar-refractivity contribution in [1.82, 2.24) is 4.90 Å². The van der Waals surface area contributed by atoms with Gasteiger partial charge < -0.3 is 20.2 Å². The summed E-state index contributed by atoms with van der Waals surface area (Å²) in [5, 5.41) is 28.3. The number of para-hydroxylation sites is 1. The molecule has 16 heavy (non-hydrogen) atoms. The van der Waals surface area contributed by atoms with Crippen LogP contribution in [-0.2, 0) is 0 Å². The van der Waals surface area contributed by atoms with Crippen molar-refractivity contribution in [2.75, 3.05) is 20.6 Å².